The van der Waals surface area contributed by atoms with Crippen molar-refractivity contribution in [3.63, 3.8) is 0 Å². The number of aromatic nitrogens is 2. The van der Waals surface area contributed by atoms with Crippen LogP contribution in [0.15, 0.2) is 23.8 Å². The van der Waals surface area contributed by atoms with Crippen LogP contribution in [-0.2, 0) is 6.42 Å². The Bertz CT molecular complexity index is 610. The number of fused-ring (bicyclic) bond motifs is 1. The van der Waals surface area contributed by atoms with Crippen molar-refractivity contribution in [2.75, 3.05) is 0 Å². The molecule has 1 atom stereocenters. The van der Waals surface area contributed by atoms with Gasteiger partial charge in [-0.25, -0.2) is 4.98 Å². The van der Waals surface area contributed by atoms with E-state index in [9.17, 15) is 4.79 Å². The van der Waals surface area contributed by atoms with Crippen molar-refractivity contribution < 1.29 is 4.79 Å². The molecule has 3 nitrogen and oxygen atoms in total. The van der Waals surface area contributed by atoms with Gasteiger partial charge in [-0.05, 0) is 24.8 Å². The highest BCUT2D eigenvalue weighted by Gasteiger charge is 2.33. The Morgan fingerprint density at radius 3 is 2.89 bits per heavy atom. The minimum absolute atomic E-state index is 0.0583. The van der Waals surface area contributed by atoms with Crippen LogP contribution < -0.4 is 0 Å². The van der Waals surface area contributed by atoms with E-state index in [1.54, 1.807) is 11.3 Å². The van der Waals surface area contributed by atoms with E-state index in [0.717, 1.165) is 17.0 Å². The lowest BCUT2D eigenvalue weighted by Crippen LogP contribution is -2.28. The molecule has 19 heavy (non-hydrogen) atoms. The Morgan fingerprint density at radius 1 is 1.42 bits per heavy atom. The summed E-state index contributed by atoms with van der Waals surface area (Å²) in [5.41, 5.74) is 2.13. The van der Waals surface area contributed by atoms with E-state index < -0.39 is 0 Å². The Hall–Kier alpha value is -1.42. The largest absolute Gasteiger partial charge is 0.341 e. The van der Waals surface area contributed by atoms with Crippen molar-refractivity contribution >= 4 is 17.1 Å². The number of hydrogen-bond acceptors (Lipinski definition) is 3. The van der Waals surface area contributed by atoms with Gasteiger partial charge in [-0.1, -0.05) is 13.8 Å². The fraction of sp³-hybridized carbons (Fsp3) is 0.467. The summed E-state index contributed by atoms with van der Waals surface area (Å²) < 4.78 is 2.22. The molecule has 0 aromatic carbocycles. The van der Waals surface area contributed by atoms with Gasteiger partial charge >= 0.3 is 0 Å². The summed E-state index contributed by atoms with van der Waals surface area (Å²) in [5.74, 6) is 0.274. The van der Waals surface area contributed by atoms with Crippen LogP contribution in [0.3, 0.4) is 0 Å². The summed E-state index contributed by atoms with van der Waals surface area (Å²) in [6, 6.07) is 2.17. The monoisotopic (exact) mass is 274 g/mol. The smallest absolute Gasteiger partial charge is 0.165 e. The second-order valence-corrected chi connectivity index (χ2v) is 7.00. The van der Waals surface area contributed by atoms with Gasteiger partial charge in [0.2, 0.25) is 0 Å². The van der Waals surface area contributed by atoms with Crippen molar-refractivity contribution in [3.05, 3.63) is 40.1 Å². The fourth-order valence-corrected chi connectivity index (χ4v) is 3.58. The molecule has 4 heteroatoms. The third-order valence-corrected chi connectivity index (χ3v) is 4.78. The molecule has 0 amide bonds. The lowest BCUT2D eigenvalue weighted by molar-refractivity contribution is 0.0909. The summed E-state index contributed by atoms with van der Waals surface area (Å²) in [5, 5.41) is 3.09. The molecule has 0 saturated heterocycles. The van der Waals surface area contributed by atoms with Gasteiger partial charge in [0.1, 0.15) is 5.01 Å². The normalized spacial score (nSPS) is 19.2. The van der Waals surface area contributed by atoms with Gasteiger partial charge in [0.25, 0.3) is 0 Å². The molecule has 2 heterocycles. The molecule has 1 unspecified atom stereocenters. The zero-order chi connectivity index (χ0) is 13.6. The lowest BCUT2D eigenvalue weighted by Gasteiger charge is -2.30. The Balaban J connectivity index is 2.04. The van der Waals surface area contributed by atoms with Crippen LogP contribution in [0, 0.1) is 5.41 Å². The van der Waals surface area contributed by atoms with E-state index in [4.69, 9.17) is 0 Å². The van der Waals surface area contributed by atoms with Crippen molar-refractivity contribution in [2.24, 2.45) is 5.41 Å². The SMILES string of the molecule is CC(c1nccs1)n1ccc2c1CC(C)(C)CC2=O. The molecule has 0 aliphatic heterocycles. The zero-order valence-electron chi connectivity index (χ0n) is 11.5. The van der Waals surface area contributed by atoms with E-state index in [0.29, 0.717) is 6.42 Å². The fourth-order valence-electron chi connectivity index (χ4n) is 2.89. The van der Waals surface area contributed by atoms with Gasteiger partial charge in [0.05, 0.1) is 6.04 Å². The van der Waals surface area contributed by atoms with Crippen LogP contribution in [-0.4, -0.2) is 15.3 Å². The molecule has 100 valence electrons. The van der Waals surface area contributed by atoms with Gasteiger partial charge in [-0.15, -0.1) is 11.3 Å². The van der Waals surface area contributed by atoms with Crippen LogP contribution in [0.5, 0.6) is 0 Å². The minimum Gasteiger partial charge on any atom is -0.341 e. The maximum atomic E-state index is 12.2. The Morgan fingerprint density at radius 2 is 2.21 bits per heavy atom. The number of hydrogen-bond donors (Lipinski definition) is 0. The molecule has 0 radical (unpaired) electrons. The second-order valence-electron chi connectivity index (χ2n) is 6.07. The highest BCUT2D eigenvalue weighted by atomic mass is 32.1. The van der Waals surface area contributed by atoms with Gasteiger partial charge in [0, 0.05) is 35.5 Å². The van der Waals surface area contributed by atoms with Crippen molar-refractivity contribution in [3.8, 4) is 0 Å². The number of rotatable bonds is 2. The molecule has 0 N–H and O–H groups in total. The lowest BCUT2D eigenvalue weighted by atomic mass is 9.76. The minimum atomic E-state index is 0.0583. The quantitative estimate of drug-likeness (QED) is 0.836. The van der Waals surface area contributed by atoms with E-state index in [1.807, 2.05) is 23.8 Å². The number of nitrogens with zero attached hydrogens (tertiary/aromatic N) is 2. The van der Waals surface area contributed by atoms with Crippen LogP contribution in [0.1, 0.15) is 54.3 Å². The Kier molecular flexibility index (Phi) is 2.86. The Labute approximate surface area is 117 Å². The maximum Gasteiger partial charge on any atom is 0.165 e. The first-order valence-electron chi connectivity index (χ1n) is 6.60. The van der Waals surface area contributed by atoms with Gasteiger partial charge in [0.15, 0.2) is 5.78 Å². The molecule has 2 aromatic rings. The van der Waals surface area contributed by atoms with Gasteiger partial charge < -0.3 is 4.57 Å². The van der Waals surface area contributed by atoms with Crippen molar-refractivity contribution in [2.45, 2.75) is 39.7 Å². The van der Waals surface area contributed by atoms with Crippen molar-refractivity contribution in [1.29, 1.82) is 0 Å². The number of Topliss-reactive ketones (excluding diaryl/α,β-unsaturated/α-hetero) is 1. The molecule has 0 fully saturated rings. The third-order valence-electron chi connectivity index (χ3n) is 3.84. The average molecular weight is 274 g/mol. The summed E-state index contributed by atoms with van der Waals surface area (Å²) in [6.45, 7) is 6.48. The number of carbonyl (C=O) groups excluding carboxylic acids is 1. The van der Waals surface area contributed by atoms with Crippen LogP contribution >= 0.6 is 11.3 Å². The number of thiazole rings is 1. The van der Waals surface area contributed by atoms with Crippen LogP contribution in [0.4, 0.5) is 0 Å². The van der Waals surface area contributed by atoms with E-state index >= 15 is 0 Å². The van der Waals surface area contributed by atoms with Crippen LogP contribution in [0.25, 0.3) is 0 Å². The zero-order valence-corrected chi connectivity index (χ0v) is 12.3. The first-order chi connectivity index (χ1) is 8.98. The molecule has 1 aliphatic carbocycles. The van der Waals surface area contributed by atoms with E-state index in [-0.39, 0.29) is 17.2 Å². The number of carbonyl (C=O) groups is 1. The van der Waals surface area contributed by atoms with Crippen molar-refractivity contribution in [1.82, 2.24) is 9.55 Å². The first-order valence-corrected chi connectivity index (χ1v) is 7.48. The van der Waals surface area contributed by atoms with E-state index in [2.05, 4.69) is 30.3 Å². The standard InChI is InChI=1S/C15H18N2OS/c1-10(14-16-5-7-19-14)17-6-4-11-12(17)8-15(2,3)9-13(11)18/h4-7,10H,8-9H2,1-3H3. The van der Waals surface area contributed by atoms with Gasteiger partial charge in [-0.3, -0.25) is 4.79 Å². The summed E-state index contributed by atoms with van der Waals surface area (Å²) >= 11 is 1.66. The molecular weight excluding hydrogens is 256 g/mol. The van der Waals surface area contributed by atoms with Crippen LogP contribution in [0.2, 0.25) is 0 Å². The summed E-state index contributed by atoms with van der Waals surface area (Å²) in [6.07, 6.45) is 5.48. The van der Waals surface area contributed by atoms with E-state index in [1.165, 1.54) is 5.69 Å². The first kappa shape index (κ1) is 12.6. The summed E-state index contributed by atoms with van der Waals surface area (Å²) in [7, 11) is 0. The highest BCUT2D eigenvalue weighted by Crippen LogP contribution is 2.37. The number of ketones is 1. The van der Waals surface area contributed by atoms with Gasteiger partial charge in [-0.2, -0.15) is 0 Å². The summed E-state index contributed by atoms with van der Waals surface area (Å²) in [4.78, 5) is 16.6. The molecule has 0 bridgehead atoms. The molecule has 0 saturated carbocycles. The second kappa shape index (κ2) is 4.30. The molecule has 0 spiro atoms. The molecule has 1 aliphatic rings. The average Bonchev–Trinajstić information content (AvgIpc) is 2.94. The third kappa shape index (κ3) is 2.14. The molecular formula is C15H18N2OS. The predicted molar refractivity (Wildman–Crippen MR) is 76.8 cm³/mol. The predicted octanol–water partition coefficient (Wildman–Crippen LogP) is 3.71. The molecule has 3 rings (SSSR count). The highest BCUT2D eigenvalue weighted by molar-refractivity contribution is 7.09. The molecule has 2 aromatic heterocycles. The maximum absolute atomic E-state index is 12.2. The topological polar surface area (TPSA) is 34.9 Å².